The largest absolute Gasteiger partial charge is 0.367 e. The van der Waals surface area contributed by atoms with Gasteiger partial charge in [-0.05, 0) is 37.1 Å². The molecule has 5 heteroatoms. The number of rotatable bonds is 3. The Labute approximate surface area is 122 Å². The SMILES string of the molecule is O=c1c(Cl)cccn1-c1ccc(NC2CCCC2)nc1. The summed E-state index contributed by atoms with van der Waals surface area (Å²) in [6.07, 6.45) is 8.36. The normalized spacial score (nSPS) is 15.4. The number of hydrogen-bond acceptors (Lipinski definition) is 3. The van der Waals surface area contributed by atoms with E-state index in [1.807, 2.05) is 12.1 Å². The van der Waals surface area contributed by atoms with Crippen LogP contribution in [0.2, 0.25) is 5.02 Å². The molecule has 2 aromatic heterocycles. The Morgan fingerprint density at radius 2 is 2.05 bits per heavy atom. The number of nitrogens with one attached hydrogen (secondary N) is 1. The van der Waals surface area contributed by atoms with Crippen LogP contribution in [0.5, 0.6) is 0 Å². The van der Waals surface area contributed by atoms with E-state index < -0.39 is 0 Å². The van der Waals surface area contributed by atoms with Gasteiger partial charge in [0, 0.05) is 12.2 Å². The van der Waals surface area contributed by atoms with Gasteiger partial charge in [0.05, 0.1) is 11.9 Å². The van der Waals surface area contributed by atoms with E-state index >= 15 is 0 Å². The average molecular weight is 290 g/mol. The molecule has 0 spiro atoms. The predicted molar refractivity (Wildman–Crippen MR) is 80.7 cm³/mol. The van der Waals surface area contributed by atoms with Gasteiger partial charge in [0.1, 0.15) is 10.8 Å². The number of aromatic nitrogens is 2. The van der Waals surface area contributed by atoms with E-state index in [1.165, 1.54) is 30.3 Å². The van der Waals surface area contributed by atoms with Gasteiger partial charge in [-0.1, -0.05) is 24.4 Å². The van der Waals surface area contributed by atoms with Crippen molar-refractivity contribution in [3.63, 3.8) is 0 Å². The molecular weight excluding hydrogens is 274 g/mol. The fraction of sp³-hybridized carbons (Fsp3) is 0.333. The summed E-state index contributed by atoms with van der Waals surface area (Å²) in [5.41, 5.74) is 0.488. The molecule has 1 fully saturated rings. The van der Waals surface area contributed by atoms with Gasteiger partial charge in [0.25, 0.3) is 5.56 Å². The Balaban J connectivity index is 1.82. The maximum atomic E-state index is 11.9. The van der Waals surface area contributed by atoms with Crippen LogP contribution < -0.4 is 10.9 Å². The molecule has 104 valence electrons. The first kappa shape index (κ1) is 13.2. The zero-order valence-electron chi connectivity index (χ0n) is 11.1. The van der Waals surface area contributed by atoms with Crippen molar-refractivity contribution in [1.82, 2.24) is 9.55 Å². The fourth-order valence-corrected chi connectivity index (χ4v) is 2.73. The Bertz CT molecular complexity index is 645. The van der Waals surface area contributed by atoms with Crippen LogP contribution in [-0.4, -0.2) is 15.6 Å². The molecule has 2 aromatic rings. The first-order chi connectivity index (χ1) is 9.74. The zero-order chi connectivity index (χ0) is 13.9. The van der Waals surface area contributed by atoms with Gasteiger partial charge < -0.3 is 5.32 Å². The Morgan fingerprint density at radius 1 is 1.25 bits per heavy atom. The Kier molecular flexibility index (Phi) is 3.74. The lowest BCUT2D eigenvalue weighted by atomic mass is 10.2. The number of nitrogens with zero attached hydrogens (tertiary/aromatic N) is 2. The molecule has 2 heterocycles. The van der Waals surface area contributed by atoms with E-state index in [0.29, 0.717) is 6.04 Å². The highest BCUT2D eigenvalue weighted by Crippen LogP contribution is 2.21. The Hall–Kier alpha value is -1.81. The van der Waals surface area contributed by atoms with E-state index in [0.717, 1.165) is 11.5 Å². The lowest BCUT2D eigenvalue weighted by Crippen LogP contribution is -2.18. The van der Waals surface area contributed by atoms with Crippen molar-refractivity contribution in [3.05, 3.63) is 52.0 Å². The van der Waals surface area contributed by atoms with Crippen molar-refractivity contribution in [1.29, 1.82) is 0 Å². The summed E-state index contributed by atoms with van der Waals surface area (Å²) in [7, 11) is 0. The van der Waals surface area contributed by atoms with Gasteiger partial charge in [0.2, 0.25) is 0 Å². The summed E-state index contributed by atoms with van der Waals surface area (Å²) in [5, 5.41) is 3.63. The molecule has 3 rings (SSSR count). The van der Waals surface area contributed by atoms with Crippen LogP contribution in [0.1, 0.15) is 25.7 Å². The van der Waals surface area contributed by atoms with E-state index in [2.05, 4.69) is 10.3 Å². The molecule has 0 bridgehead atoms. The predicted octanol–water partition coefficient (Wildman–Crippen LogP) is 3.24. The maximum absolute atomic E-state index is 11.9. The van der Waals surface area contributed by atoms with Crippen molar-refractivity contribution in [2.75, 3.05) is 5.32 Å². The molecule has 1 saturated carbocycles. The van der Waals surface area contributed by atoms with Crippen LogP contribution in [0.3, 0.4) is 0 Å². The standard InChI is InChI=1S/C15H16ClN3O/c16-13-6-3-9-19(15(13)20)12-7-8-14(17-10-12)18-11-4-1-2-5-11/h3,6-11H,1-2,4-5H2,(H,17,18). The van der Waals surface area contributed by atoms with E-state index in [9.17, 15) is 4.79 Å². The quantitative estimate of drug-likeness (QED) is 0.943. The summed E-state index contributed by atoms with van der Waals surface area (Å²) in [4.78, 5) is 16.3. The van der Waals surface area contributed by atoms with Crippen LogP contribution in [0, 0.1) is 0 Å². The van der Waals surface area contributed by atoms with Crippen LogP contribution >= 0.6 is 11.6 Å². The van der Waals surface area contributed by atoms with Crippen molar-refractivity contribution in [2.45, 2.75) is 31.7 Å². The lowest BCUT2D eigenvalue weighted by Gasteiger charge is -2.13. The lowest BCUT2D eigenvalue weighted by molar-refractivity contribution is 0.750. The summed E-state index contributed by atoms with van der Waals surface area (Å²) >= 11 is 5.84. The van der Waals surface area contributed by atoms with Gasteiger partial charge in [0.15, 0.2) is 0 Å². The van der Waals surface area contributed by atoms with Crippen LogP contribution in [0.15, 0.2) is 41.5 Å². The summed E-state index contributed by atoms with van der Waals surface area (Å²) in [6, 6.07) is 7.64. The van der Waals surface area contributed by atoms with E-state index in [4.69, 9.17) is 11.6 Å². The van der Waals surface area contributed by atoms with Crippen LogP contribution in [-0.2, 0) is 0 Å². The molecule has 1 N–H and O–H groups in total. The second-order valence-corrected chi connectivity index (χ2v) is 5.47. The molecule has 0 aromatic carbocycles. The molecule has 1 aliphatic carbocycles. The van der Waals surface area contributed by atoms with Gasteiger partial charge in [-0.2, -0.15) is 0 Å². The van der Waals surface area contributed by atoms with Gasteiger partial charge in [-0.3, -0.25) is 9.36 Å². The van der Waals surface area contributed by atoms with Crippen molar-refractivity contribution < 1.29 is 0 Å². The van der Waals surface area contributed by atoms with Gasteiger partial charge >= 0.3 is 0 Å². The molecule has 0 saturated heterocycles. The molecular formula is C15H16ClN3O. The van der Waals surface area contributed by atoms with Crippen molar-refractivity contribution in [2.24, 2.45) is 0 Å². The number of anilines is 1. The third-order valence-electron chi connectivity index (χ3n) is 3.63. The molecule has 0 amide bonds. The molecule has 0 radical (unpaired) electrons. The third-order valence-corrected chi connectivity index (χ3v) is 3.92. The number of hydrogen-bond donors (Lipinski definition) is 1. The zero-order valence-corrected chi connectivity index (χ0v) is 11.8. The highest BCUT2D eigenvalue weighted by molar-refractivity contribution is 6.30. The molecule has 0 aliphatic heterocycles. The molecule has 1 aliphatic rings. The first-order valence-electron chi connectivity index (χ1n) is 6.84. The number of halogens is 1. The summed E-state index contributed by atoms with van der Waals surface area (Å²) < 4.78 is 1.49. The first-order valence-corrected chi connectivity index (χ1v) is 7.22. The molecule has 4 nitrogen and oxygen atoms in total. The fourth-order valence-electron chi connectivity index (χ4n) is 2.56. The van der Waals surface area contributed by atoms with Crippen molar-refractivity contribution in [3.8, 4) is 5.69 Å². The minimum atomic E-state index is -0.229. The second-order valence-electron chi connectivity index (χ2n) is 5.06. The summed E-state index contributed by atoms with van der Waals surface area (Å²) in [6.45, 7) is 0. The van der Waals surface area contributed by atoms with E-state index in [1.54, 1.807) is 24.5 Å². The minimum Gasteiger partial charge on any atom is -0.367 e. The summed E-state index contributed by atoms with van der Waals surface area (Å²) in [5.74, 6) is 0.857. The van der Waals surface area contributed by atoms with Crippen LogP contribution in [0.4, 0.5) is 5.82 Å². The topological polar surface area (TPSA) is 46.9 Å². The Morgan fingerprint density at radius 3 is 2.75 bits per heavy atom. The highest BCUT2D eigenvalue weighted by atomic mass is 35.5. The third kappa shape index (κ3) is 2.70. The number of pyridine rings is 2. The van der Waals surface area contributed by atoms with Gasteiger partial charge in [-0.25, -0.2) is 4.98 Å². The molecule has 0 unspecified atom stereocenters. The van der Waals surface area contributed by atoms with Crippen LogP contribution in [0.25, 0.3) is 5.69 Å². The maximum Gasteiger partial charge on any atom is 0.273 e. The smallest absolute Gasteiger partial charge is 0.273 e. The molecule has 20 heavy (non-hydrogen) atoms. The average Bonchev–Trinajstić information content (AvgIpc) is 2.96. The van der Waals surface area contributed by atoms with Crippen molar-refractivity contribution >= 4 is 17.4 Å². The minimum absolute atomic E-state index is 0.209. The molecule has 0 atom stereocenters. The second kappa shape index (κ2) is 5.67. The highest BCUT2D eigenvalue weighted by Gasteiger charge is 2.14. The van der Waals surface area contributed by atoms with Gasteiger partial charge in [-0.15, -0.1) is 0 Å². The monoisotopic (exact) mass is 289 g/mol. The van der Waals surface area contributed by atoms with E-state index in [-0.39, 0.29) is 10.6 Å².